The SMILES string of the molecule is CCOC(=O)CC(=O)Cc1cccc(-c2ccc3ccccc3c2)c1. The number of Topliss-reactive ketones (excluding diaryl/α,β-unsaturated/α-hetero) is 1. The van der Waals surface area contributed by atoms with Gasteiger partial charge in [-0.15, -0.1) is 0 Å². The molecule has 0 saturated carbocycles. The number of hydrogen-bond donors (Lipinski definition) is 0. The van der Waals surface area contributed by atoms with Crippen molar-refractivity contribution in [1.82, 2.24) is 0 Å². The van der Waals surface area contributed by atoms with Crippen molar-refractivity contribution in [2.45, 2.75) is 19.8 Å². The van der Waals surface area contributed by atoms with Gasteiger partial charge in [-0.2, -0.15) is 0 Å². The van der Waals surface area contributed by atoms with Gasteiger partial charge in [0.1, 0.15) is 12.2 Å². The molecule has 0 atom stereocenters. The molecule has 0 amide bonds. The van der Waals surface area contributed by atoms with E-state index in [-0.39, 0.29) is 18.6 Å². The molecular weight excluding hydrogens is 312 g/mol. The van der Waals surface area contributed by atoms with E-state index < -0.39 is 5.97 Å². The third kappa shape index (κ3) is 4.32. The van der Waals surface area contributed by atoms with Gasteiger partial charge in [0.05, 0.1) is 6.61 Å². The van der Waals surface area contributed by atoms with Crippen LogP contribution in [0.5, 0.6) is 0 Å². The summed E-state index contributed by atoms with van der Waals surface area (Å²) in [4.78, 5) is 23.4. The molecule has 0 fully saturated rings. The fourth-order valence-electron chi connectivity index (χ4n) is 2.89. The van der Waals surface area contributed by atoms with E-state index >= 15 is 0 Å². The fraction of sp³-hybridized carbons (Fsp3) is 0.182. The lowest BCUT2D eigenvalue weighted by molar-refractivity contribution is -0.145. The molecule has 3 rings (SSSR count). The van der Waals surface area contributed by atoms with Crippen molar-refractivity contribution in [3.8, 4) is 11.1 Å². The maximum Gasteiger partial charge on any atom is 0.313 e. The number of ether oxygens (including phenoxy) is 1. The average Bonchev–Trinajstić information content (AvgIpc) is 2.61. The second-order valence-electron chi connectivity index (χ2n) is 5.96. The summed E-state index contributed by atoms with van der Waals surface area (Å²) in [5.41, 5.74) is 3.07. The second-order valence-corrected chi connectivity index (χ2v) is 5.96. The van der Waals surface area contributed by atoms with Crippen molar-refractivity contribution in [2.24, 2.45) is 0 Å². The molecule has 0 aliphatic carbocycles. The summed E-state index contributed by atoms with van der Waals surface area (Å²) in [5, 5.41) is 2.39. The van der Waals surface area contributed by atoms with Crippen molar-refractivity contribution in [3.63, 3.8) is 0 Å². The molecule has 0 spiro atoms. The highest BCUT2D eigenvalue weighted by atomic mass is 16.5. The second kappa shape index (κ2) is 7.75. The third-order valence-corrected chi connectivity index (χ3v) is 4.06. The van der Waals surface area contributed by atoms with E-state index in [0.717, 1.165) is 16.7 Å². The summed E-state index contributed by atoms with van der Waals surface area (Å²) in [6.07, 6.45) is 0.0638. The number of carbonyl (C=O) groups excluding carboxylic acids is 2. The first-order chi connectivity index (χ1) is 12.2. The highest BCUT2D eigenvalue weighted by Gasteiger charge is 2.11. The molecule has 0 radical (unpaired) electrons. The van der Waals surface area contributed by atoms with Crippen molar-refractivity contribution in [3.05, 3.63) is 72.3 Å². The molecule has 3 nitrogen and oxygen atoms in total. The Balaban J connectivity index is 1.78. The predicted molar refractivity (Wildman–Crippen MR) is 99.3 cm³/mol. The Morgan fingerprint density at radius 2 is 1.60 bits per heavy atom. The van der Waals surface area contributed by atoms with E-state index in [1.807, 2.05) is 36.4 Å². The first-order valence-electron chi connectivity index (χ1n) is 8.41. The van der Waals surface area contributed by atoms with Crippen molar-refractivity contribution >= 4 is 22.5 Å². The lowest BCUT2D eigenvalue weighted by atomic mass is 9.98. The molecule has 3 aromatic rings. The first-order valence-corrected chi connectivity index (χ1v) is 8.41. The topological polar surface area (TPSA) is 43.4 Å². The molecular formula is C22H20O3. The minimum Gasteiger partial charge on any atom is -0.466 e. The Bertz CT molecular complexity index is 912. The van der Waals surface area contributed by atoms with Crippen molar-refractivity contribution < 1.29 is 14.3 Å². The molecule has 0 unspecified atom stereocenters. The molecule has 25 heavy (non-hydrogen) atoms. The van der Waals surface area contributed by atoms with Crippen LogP contribution in [0.3, 0.4) is 0 Å². The van der Waals surface area contributed by atoms with Gasteiger partial charge in [0.15, 0.2) is 0 Å². The Kier molecular flexibility index (Phi) is 5.24. The number of esters is 1. The van der Waals surface area contributed by atoms with E-state index in [0.29, 0.717) is 6.61 Å². The van der Waals surface area contributed by atoms with E-state index in [1.54, 1.807) is 6.92 Å². The number of fused-ring (bicyclic) bond motifs is 1. The highest BCUT2D eigenvalue weighted by molar-refractivity contribution is 5.96. The summed E-state index contributed by atoms with van der Waals surface area (Å²) >= 11 is 0. The first kappa shape index (κ1) is 16.9. The van der Waals surface area contributed by atoms with Crippen LogP contribution >= 0.6 is 0 Å². The van der Waals surface area contributed by atoms with Crippen molar-refractivity contribution in [1.29, 1.82) is 0 Å². The van der Waals surface area contributed by atoms with Gasteiger partial charge in [0.2, 0.25) is 0 Å². The molecule has 0 aliphatic rings. The van der Waals surface area contributed by atoms with Crippen LogP contribution in [-0.4, -0.2) is 18.4 Å². The Hall–Kier alpha value is -2.94. The lowest BCUT2D eigenvalue weighted by Gasteiger charge is -2.07. The molecule has 3 aromatic carbocycles. The lowest BCUT2D eigenvalue weighted by Crippen LogP contribution is -2.13. The van der Waals surface area contributed by atoms with Crippen LogP contribution in [0.1, 0.15) is 18.9 Å². The number of hydrogen-bond acceptors (Lipinski definition) is 3. The van der Waals surface area contributed by atoms with Crippen LogP contribution in [0.15, 0.2) is 66.7 Å². The van der Waals surface area contributed by atoms with E-state index in [1.165, 1.54) is 10.8 Å². The Morgan fingerprint density at radius 3 is 2.40 bits per heavy atom. The largest absolute Gasteiger partial charge is 0.466 e. The monoisotopic (exact) mass is 332 g/mol. The zero-order valence-corrected chi connectivity index (χ0v) is 14.2. The third-order valence-electron chi connectivity index (χ3n) is 4.06. The molecule has 0 aliphatic heterocycles. The Labute approximate surface area is 147 Å². The molecule has 0 bridgehead atoms. The molecule has 0 aromatic heterocycles. The predicted octanol–water partition coefficient (Wildman–Crippen LogP) is 4.57. The maximum atomic E-state index is 12.0. The number of carbonyl (C=O) groups is 2. The number of ketones is 1. The summed E-state index contributed by atoms with van der Waals surface area (Å²) in [5.74, 6) is -0.590. The van der Waals surface area contributed by atoms with Gasteiger partial charge >= 0.3 is 5.97 Å². The van der Waals surface area contributed by atoms with Gasteiger partial charge in [-0.25, -0.2) is 0 Å². The van der Waals surface area contributed by atoms with Crippen molar-refractivity contribution in [2.75, 3.05) is 6.61 Å². The van der Waals surface area contributed by atoms with E-state index in [4.69, 9.17) is 4.74 Å². The summed E-state index contributed by atoms with van der Waals surface area (Å²) in [7, 11) is 0. The van der Waals surface area contributed by atoms with Gasteiger partial charge in [-0.1, -0.05) is 60.7 Å². The summed E-state index contributed by atoms with van der Waals surface area (Å²) < 4.78 is 4.82. The average molecular weight is 332 g/mol. The van der Waals surface area contributed by atoms with Gasteiger partial charge < -0.3 is 4.74 Å². The quantitative estimate of drug-likeness (QED) is 0.490. The van der Waals surface area contributed by atoms with Crippen LogP contribution in [0.4, 0.5) is 0 Å². The van der Waals surface area contributed by atoms with Gasteiger partial charge in [0.25, 0.3) is 0 Å². The molecule has 0 saturated heterocycles. The summed E-state index contributed by atoms with van der Waals surface area (Å²) in [6.45, 7) is 2.03. The van der Waals surface area contributed by atoms with E-state index in [9.17, 15) is 9.59 Å². The minimum absolute atomic E-state index is 0.130. The number of rotatable bonds is 6. The van der Waals surface area contributed by atoms with E-state index in [2.05, 4.69) is 30.3 Å². The van der Waals surface area contributed by atoms with Crippen LogP contribution in [-0.2, 0) is 20.7 Å². The summed E-state index contributed by atoms with van der Waals surface area (Å²) in [6, 6.07) is 22.4. The smallest absolute Gasteiger partial charge is 0.313 e. The molecule has 0 N–H and O–H groups in total. The minimum atomic E-state index is -0.460. The molecule has 0 heterocycles. The molecule has 126 valence electrons. The zero-order chi connectivity index (χ0) is 17.6. The normalized spacial score (nSPS) is 10.6. The van der Waals surface area contributed by atoms with Gasteiger partial charge in [-0.3, -0.25) is 9.59 Å². The highest BCUT2D eigenvalue weighted by Crippen LogP contribution is 2.25. The molecule has 3 heteroatoms. The zero-order valence-electron chi connectivity index (χ0n) is 14.2. The van der Waals surface area contributed by atoms with Gasteiger partial charge in [0, 0.05) is 6.42 Å². The van der Waals surface area contributed by atoms with Crippen LogP contribution < -0.4 is 0 Å². The maximum absolute atomic E-state index is 12.0. The standard InChI is InChI=1S/C22H20O3/c1-2-25-22(24)15-21(23)13-16-6-5-9-18(12-16)20-11-10-17-7-3-4-8-19(17)14-20/h3-12,14H,2,13,15H2,1H3. The Morgan fingerprint density at radius 1 is 0.840 bits per heavy atom. The fourth-order valence-corrected chi connectivity index (χ4v) is 2.89. The van der Waals surface area contributed by atoms with Crippen LogP contribution in [0.25, 0.3) is 21.9 Å². The van der Waals surface area contributed by atoms with Crippen LogP contribution in [0, 0.1) is 0 Å². The number of benzene rings is 3. The van der Waals surface area contributed by atoms with Crippen LogP contribution in [0.2, 0.25) is 0 Å². The van der Waals surface area contributed by atoms with Gasteiger partial charge in [-0.05, 0) is 40.5 Å².